The Labute approximate surface area is 116 Å². The summed E-state index contributed by atoms with van der Waals surface area (Å²) in [5.74, 6) is 2.67. The van der Waals surface area contributed by atoms with Crippen LogP contribution in [0.15, 0.2) is 30.3 Å². The van der Waals surface area contributed by atoms with Crippen molar-refractivity contribution in [1.82, 2.24) is 0 Å². The van der Waals surface area contributed by atoms with Gasteiger partial charge in [0, 0.05) is 5.41 Å². The molecule has 0 spiro atoms. The van der Waals surface area contributed by atoms with Crippen LogP contribution in [0.4, 0.5) is 0 Å². The van der Waals surface area contributed by atoms with Crippen LogP contribution in [0.1, 0.15) is 51.0 Å². The third kappa shape index (κ3) is 1.64. The minimum absolute atomic E-state index is 0.156. The molecule has 1 aromatic rings. The van der Waals surface area contributed by atoms with Gasteiger partial charge in [-0.2, -0.15) is 0 Å². The minimum atomic E-state index is -0.649. The first kappa shape index (κ1) is 12.0. The molecule has 102 valence electrons. The van der Waals surface area contributed by atoms with Crippen molar-refractivity contribution in [1.29, 1.82) is 0 Å². The SMILES string of the molecule is CC(O)(c1ccccc1)C12CC3CC(CC(C3)C1)C2. The van der Waals surface area contributed by atoms with Crippen LogP contribution in [0.2, 0.25) is 0 Å². The van der Waals surface area contributed by atoms with Crippen LogP contribution < -0.4 is 0 Å². The largest absolute Gasteiger partial charge is 0.385 e. The molecule has 0 saturated heterocycles. The molecule has 4 fully saturated rings. The summed E-state index contributed by atoms with van der Waals surface area (Å²) in [7, 11) is 0. The lowest BCUT2D eigenvalue weighted by atomic mass is 9.45. The summed E-state index contributed by atoms with van der Waals surface area (Å²) in [6, 6.07) is 10.4. The van der Waals surface area contributed by atoms with Crippen molar-refractivity contribution in [3.05, 3.63) is 35.9 Å². The van der Waals surface area contributed by atoms with Gasteiger partial charge in [-0.25, -0.2) is 0 Å². The molecule has 4 saturated carbocycles. The van der Waals surface area contributed by atoms with E-state index in [1.807, 2.05) is 6.07 Å². The fourth-order valence-electron chi connectivity index (χ4n) is 5.78. The average molecular weight is 256 g/mol. The average Bonchev–Trinajstić information content (AvgIpc) is 2.38. The van der Waals surface area contributed by atoms with E-state index in [-0.39, 0.29) is 5.41 Å². The van der Waals surface area contributed by atoms with Gasteiger partial charge in [-0.1, -0.05) is 30.3 Å². The van der Waals surface area contributed by atoms with E-state index in [4.69, 9.17) is 0 Å². The number of aliphatic hydroxyl groups is 1. The highest BCUT2D eigenvalue weighted by Crippen LogP contribution is 2.65. The number of benzene rings is 1. The van der Waals surface area contributed by atoms with E-state index in [0.29, 0.717) is 0 Å². The summed E-state index contributed by atoms with van der Waals surface area (Å²) in [5.41, 5.74) is 0.629. The van der Waals surface area contributed by atoms with Crippen LogP contribution in [0.3, 0.4) is 0 Å². The molecule has 0 aliphatic heterocycles. The van der Waals surface area contributed by atoms with Gasteiger partial charge in [0.2, 0.25) is 0 Å². The number of hydrogen-bond acceptors (Lipinski definition) is 1. The van der Waals surface area contributed by atoms with E-state index >= 15 is 0 Å². The molecule has 4 bridgehead atoms. The van der Waals surface area contributed by atoms with Gasteiger partial charge >= 0.3 is 0 Å². The Hall–Kier alpha value is -0.820. The van der Waals surface area contributed by atoms with Gasteiger partial charge in [0.15, 0.2) is 0 Å². The Balaban J connectivity index is 1.75. The second-order valence-corrected chi connectivity index (χ2v) is 7.64. The van der Waals surface area contributed by atoms with Gasteiger partial charge in [-0.15, -0.1) is 0 Å². The van der Waals surface area contributed by atoms with Crippen LogP contribution in [0.25, 0.3) is 0 Å². The normalized spacial score (nSPS) is 43.2. The molecular weight excluding hydrogens is 232 g/mol. The van der Waals surface area contributed by atoms with Crippen molar-refractivity contribution in [3.8, 4) is 0 Å². The van der Waals surface area contributed by atoms with Crippen molar-refractivity contribution in [2.75, 3.05) is 0 Å². The molecule has 1 aromatic carbocycles. The quantitative estimate of drug-likeness (QED) is 0.844. The number of hydrogen-bond donors (Lipinski definition) is 1. The van der Waals surface area contributed by atoms with E-state index in [1.54, 1.807) is 0 Å². The third-order valence-corrected chi connectivity index (χ3v) is 6.41. The van der Waals surface area contributed by atoms with Crippen LogP contribution >= 0.6 is 0 Å². The van der Waals surface area contributed by atoms with Crippen molar-refractivity contribution in [2.45, 2.75) is 51.0 Å². The molecule has 4 aliphatic rings. The maximum Gasteiger partial charge on any atom is 0.0924 e. The predicted octanol–water partition coefficient (Wildman–Crippen LogP) is 4.11. The van der Waals surface area contributed by atoms with Crippen LogP contribution in [0, 0.1) is 23.2 Å². The van der Waals surface area contributed by atoms with Crippen LogP contribution in [0.5, 0.6) is 0 Å². The lowest BCUT2D eigenvalue weighted by molar-refractivity contribution is -0.176. The molecule has 1 atom stereocenters. The third-order valence-electron chi connectivity index (χ3n) is 6.41. The summed E-state index contributed by atoms with van der Waals surface area (Å²) in [6.45, 7) is 2.08. The second kappa shape index (κ2) is 3.85. The zero-order chi connectivity index (χ0) is 13.1. The van der Waals surface area contributed by atoms with Gasteiger partial charge in [0.1, 0.15) is 0 Å². The Bertz CT molecular complexity index is 438. The molecule has 0 aromatic heterocycles. The van der Waals surface area contributed by atoms with Gasteiger partial charge in [0.05, 0.1) is 5.60 Å². The topological polar surface area (TPSA) is 20.2 Å². The smallest absolute Gasteiger partial charge is 0.0924 e. The van der Waals surface area contributed by atoms with Crippen molar-refractivity contribution in [2.24, 2.45) is 23.2 Å². The molecular formula is C18H24O. The van der Waals surface area contributed by atoms with E-state index in [0.717, 1.165) is 23.3 Å². The monoisotopic (exact) mass is 256 g/mol. The predicted molar refractivity (Wildman–Crippen MR) is 76.6 cm³/mol. The lowest BCUT2D eigenvalue weighted by Gasteiger charge is -2.61. The fraction of sp³-hybridized carbons (Fsp3) is 0.667. The van der Waals surface area contributed by atoms with Gasteiger partial charge in [0.25, 0.3) is 0 Å². The lowest BCUT2D eigenvalue weighted by Crippen LogP contribution is -2.55. The fourth-order valence-corrected chi connectivity index (χ4v) is 5.78. The Kier molecular flexibility index (Phi) is 2.42. The minimum Gasteiger partial charge on any atom is -0.385 e. The zero-order valence-electron chi connectivity index (χ0n) is 11.8. The molecule has 1 N–H and O–H groups in total. The summed E-state index contributed by atoms with van der Waals surface area (Å²) in [5, 5.41) is 11.4. The first-order valence-corrected chi connectivity index (χ1v) is 7.87. The van der Waals surface area contributed by atoms with Crippen molar-refractivity contribution in [3.63, 3.8) is 0 Å². The highest BCUT2D eigenvalue weighted by molar-refractivity contribution is 5.26. The summed E-state index contributed by atoms with van der Waals surface area (Å²) in [4.78, 5) is 0. The highest BCUT2D eigenvalue weighted by atomic mass is 16.3. The van der Waals surface area contributed by atoms with Gasteiger partial charge < -0.3 is 5.11 Å². The van der Waals surface area contributed by atoms with E-state index in [9.17, 15) is 5.11 Å². The Morgan fingerprint density at radius 2 is 1.42 bits per heavy atom. The molecule has 1 unspecified atom stereocenters. The molecule has 5 rings (SSSR count). The van der Waals surface area contributed by atoms with Crippen molar-refractivity contribution >= 4 is 0 Å². The molecule has 4 aliphatic carbocycles. The van der Waals surface area contributed by atoms with Crippen LogP contribution in [-0.4, -0.2) is 5.11 Å². The van der Waals surface area contributed by atoms with E-state index in [2.05, 4.69) is 31.2 Å². The van der Waals surface area contributed by atoms with Crippen LogP contribution in [-0.2, 0) is 5.60 Å². The molecule has 0 amide bonds. The first-order valence-electron chi connectivity index (χ1n) is 7.87. The standard InChI is InChI=1S/C18H24O/c1-17(19,16-5-3-2-4-6-16)18-10-13-7-14(11-18)9-15(8-13)12-18/h2-6,13-15,19H,7-12H2,1H3. The van der Waals surface area contributed by atoms with E-state index in [1.165, 1.54) is 38.5 Å². The zero-order valence-corrected chi connectivity index (χ0v) is 11.8. The molecule has 19 heavy (non-hydrogen) atoms. The van der Waals surface area contributed by atoms with Crippen molar-refractivity contribution < 1.29 is 5.11 Å². The number of rotatable bonds is 2. The molecule has 0 radical (unpaired) electrons. The van der Waals surface area contributed by atoms with Gasteiger partial charge in [-0.3, -0.25) is 0 Å². The van der Waals surface area contributed by atoms with Gasteiger partial charge in [-0.05, 0) is 68.8 Å². The molecule has 1 heteroatoms. The molecule has 0 heterocycles. The highest BCUT2D eigenvalue weighted by Gasteiger charge is 2.58. The first-order chi connectivity index (χ1) is 9.09. The maximum atomic E-state index is 11.4. The summed E-state index contributed by atoms with van der Waals surface area (Å²) >= 11 is 0. The summed E-state index contributed by atoms with van der Waals surface area (Å²) < 4.78 is 0. The Morgan fingerprint density at radius 1 is 0.947 bits per heavy atom. The van der Waals surface area contributed by atoms with E-state index < -0.39 is 5.60 Å². The maximum absolute atomic E-state index is 11.4. The summed E-state index contributed by atoms with van der Waals surface area (Å²) in [6.07, 6.45) is 8.06. The Morgan fingerprint density at radius 3 is 1.89 bits per heavy atom. The second-order valence-electron chi connectivity index (χ2n) is 7.64. The molecule has 1 nitrogen and oxygen atoms in total.